The molecular weight excluding hydrogens is 490 g/mol. The van der Waals surface area contributed by atoms with Crippen molar-refractivity contribution in [3.05, 3.63) is 66.0 Å². The Hall–Kier alpha value is -3.21. The maximum atomic E-state index is 13.7. The van der Waals surface area contributed by atoms with Crippen LogP contribution in [0, 0.1) is 6.92 Å². The molecule has 0 spiro atoms. The molecule has 9 nitrogen and oxygen atoms in total. The molecule has 1 heterocycles. The molecule has 1 aromatic heterocycles. The summed E-state index contributed by atoms with van der Waals surface area (Å²) in [5.41, 5.74) is 7.10. The van der Waals surface area contributed by atoms with Gasteiger partial charge in [0.15, 0.2) is 0 Å². The van der Waals surface area contributed by atoms with Crippen LogP contribution in [-0.2, 0) is 26.1 Å². The Kier molecular flexibility index (Phi) is 7.99. The molecule has 0 atom stereocenters. The first-order valence-corrected chi connectivity index (χ1v) is 12.5. The topological polar surface area (TPSA) is 127 Å². The number of anilines is 1. The second-order valence-corrected chi connectivity index (χ2v) is 11.1. The van der Waals surface area contributed by atoms with Gasteiger partial charge in [0.25, 0.3) is 0 Å². The summed E-state index contributed by atoms with van der Waals surface area (Å²) in [6.45, 7) is 6.65. The molecule has 2 aromatic carbocycles. The summed E-state index contributed by atoms with van der Waals surface area (Å²) in [7, 11) is -4.08. The SMILES string of the molecule is Cc1ccccc1CN(CC(=O)OC(C)(C)C)S(=O)(=O)c1ccc2c(NC(N)=NCl)cncc2c1. The smallest absolute Gasteiger partial charge is 0.321 e. The first-order valence-electron chi connectivity index (χ1n) is 10.8. The molecule has 0 aliphatic heterocycles. The highest BCUT2D eigenvalue weighted by molar-refractivity contribution is 7.89. The molecule has 0 saturated carbocycles. The molecule has 0 radical (unpaired) electrons. The molecular formula is C24H28ClN5O4S. The van der Waals surface area contributed by atoms with Gasteiger partial charge in [-0.2, -0.15) is 4.31 Å². The van der Waals surface area contributed by atoms with E-state index < -0.39 is 28.1 Å². The van der Waals surface area contributed by atoms with E-state index in [1.807, 2.05) is 31.2 Å². The van der Waals surface area contributed by atoms with Gasteiger partial charge in [-0.3, -0.25) is 9.78 Å². The fourth-order valence-electron chi connectivity index (χ4n) is 3.44. The third-order valence-corrected chi connectivity index (χ3v) is 7.03. The molecule has 3 N–H and O–H groups in total. The van der Waals surface area contributed by atoms with Crippen LogP contribution in [0.3, 0.4) is 0 Å². The van der Waals surface area contributed by atoms with Gasteiger partial charge in [-0.15, -0.1) is 4.51 Å². The quantitative estimate of drug-likeness (QED) is 0.276. The number of hydrogen-bond acceptors (Lipinski definition) is 6. The van der Waals surface area contributed by atoms with Crippen molar-refractivity contribution >= 4 is 50.2 Å². The molecule has 35 heavy (non-hydrogen) atoms. The summed E-state index contributed by atoms with van der Waals surface area (Å²) in [5.74, 6) is -0.668. The minimum Gasteiger partial charge on any atom is -0.459 e. The highest BCUT2D eigenvalue weighted by atomic mass is 35.5. The Labute approximate surface area is 210 Å². The summed E-state index contributed by atoms with van der Waals surface area (Å²) in [6, 6.07) is 12.0. The number of halogens is 1. The molecule has 3 rings (SSSR count). The third-order valence-electron chi connectivity index (χ3n) is 5.06. The third kappa shape index (κ3) is 6.68. The maximum absolute atomic E-state index is 13.7. The standard InChI is InChI=1S/C24H28ClN5O4S/c1-16-7-5-6-8-17(16)14-30(15-22(31)34-24(2,3)4)35(32,33)19-9-10-20-18(11-19)12-27-13-21(20)28-23(26)29-25/h5-13H,14-15H2,1-4H3,(H3,26,28,29). The summed E-state index contributed by atoms with van der Waals surface area (Å²) < 4.78 is 37.3. The van der Waals surface area contributed by atoms with Crippen LogP contribution in [0.2, 0.25) is 0 Å². The van der Waals surface area contributed by atoms with Crippen LogP contribution in [0.15, 0.2) is 64.3 Å². The molecule has 0 saturated heterocycles. The molecule has 0 bridgehead atoms. The van der Waals surface area contributed by atoms with E-state index in [-0.39, 0.29) is 17.4 Å². The van der Waals surface area contributed by atoms with E-state index >= 15 is 0 Å². The van der Waals surface area contributed by atoms with E-state index in [4.69, 9.17) is 22.2 Å². The molecule has 186 valence electrons. The van der Waals surface area contributed by atoms with E-state index in [1.165, 1.54) is 24.5 Å². The number of pyridine rings is 1. The molecule has 0 amide bonds. The molecule has 11 heteroatoms. The predicted molar refractivity (Wildman–Crippen MR) is 137 cm³/mol. The maximum Gasteiger partial charge on any atom is 0.321 e. The first-order chi connectivity index (χ1) is 16.4. The zero-order chi connectivity index (χ0) is 25.8. The van der Waals surface area contributed by atoms with Gasteiger partial charge in [-0.25, -0.2) is 8.42 Å². The summed E-state index contributed by atoms with van der Waals surface area (Å²) in [5, 5.41) is 4.03. The largest absolute Gasteiger partial charge is 0.459 e. The highest BCUT2D eigenvalue weighted by Crippen LogP contribution is 2.27. The predicted octanol–water partition coefficient (Wildman–Crippen LogP) is 3.96. The number of carbonyl (C=O) groups is 1. The normalized spacial score (nSPS) is 12.7. The van der Waals surface area contributed by atoms with Gasteiger partial charge in [0, 0.05) is 35.3 Å². The number of sulfonamides is 1. The number of aryl methyl sites for hydroxylation is 1. The molecule has 0 fully saturated rings. The number of nitrogens with two attached hydrogens (primary N) is 1. The lowest BCUT2D eigenvalue weighted by molar-refractivity contribution is -0.155. The van der Waals surface area contributed by atoms with Crippen LogP contribution in [0.5, 0.6) is 0 Å². The molecule has 0 unspecified atom stereocenters. The highest BCUT2D eigenvalue weighted by Gasteiger charge is 2.30. The van der Waals surface area contributed by atoms with Gasteiger partial charge < -0.3 is 15.8 Å². The second-order valence-electron chi connectivity index (χ2n) is 8.95. The van der Waals surface area contributed by atoms with E-state index in [2.05, 4.69) is 14.8 Å². The first kappa shape index (κ1) is 26.4. The Morgan fingerprint density at radius 3 is 2.57 bits per heavy atom. The number of nitrogens with zero attached hydrogens (tertiary/aromatic N) is 3. The van der Waals surface area contributed by atoms with Gasteiger partial charge >= 0.3 is 5.97 Å². The number of rotatable bonds is 7. The van der Waals surface area contributed by atoms with Crippen LogP contribution >= 0.6 is 11.8 Å². The van der Waals surface area contributed by atoms with E-state index in [1.54, 1.807) is 26.8 Å². The van der Waals surface area contributed by atoms with Crippen molar-refractivity contribution in [3.63, 3.8) is 0 Å². The fourth-order valence-corrected chi connectivity index (χ4v) is 4.88. The Balaban J connectivity index is 2.02. The Morgan fingerprint density at radius 2 is 1.91 bits per heavy atom. The Bertz CT molecular complexity index is 1370. The molecule has 3 aromatic rings. The molecule has 0 aliphatic rings. The van der Waals surface area contributed by atoms with Gasteiger partial charge in [0.2, 0.25) is 16.0 Å². The fraction of sp³-hybridized carbons (Fsp3) is 0.292. The van der Waals surface area contributed by atoms with Crippen LogP contribution < -0.4 is 11.1 Å². The summed E-state index contributed by atoms with van der Waals surface area (Å²) >= 11 is 5.39. The van der Waals surface area contributed by atoms with Crippen molar-refractivity contribution in [2.24, 2.45) is 10.2 Å². The van der Waals surface area contributed by atoms with E-state index in [0.29, 0.717) is 16.5 Å². The Morgan fingerprint density at radius 1 is 1.20 bits per heavy atom. The van der Waals surface area contributed by atoms with Gasteiger partial charge in [0.1, 0.15) is 12.1 Å². The van der Waals surface area contributed by atoms with Crippen LogP contribution in [0.25, 0.3) is 10.8 Å². The van der Waals surface area contributed by atoms with Crippen molar-refractivity contribution in [3.8, 4) is 0 Å². The lowest BCUT2D eigenvalue weighted by Gasteiger charge is -2.25. The van der Waals surface area contributed by atoms with Gasteiger partial charge in [0.05, 0.1) is 16.8 Å². The average Bonchev–Trinajstić information content (AvgIpc) is 2.78. The monoisotopic (exact) mass is 517 g/mol. The number of esters is 1. The minimum absolute atomic E-state index is 0.00878. The zero-order valence-corrected chi connectivity index (χ0v) is 21.5. The summed E-state index contributed by atoms with van der Waals surface area (Å²) in [4.78, 5) is 16.8. The number of nitrogens with one attached hydrogen (secondary N) is 1. The number of ether oxygens (including phenoxy) is 1. The lowest BCUT2D eigenvalue weighted by atomic mass is 10.1. The van der Waals surface area contributed by atoms with Crippen LogP contribution in [0.4, 0.5) is 5.69 Å². The van der Waals surface area contributed by atoms with Crippen molar-refractivity contribution in [1.82, 2.24) is 9.29 Å². The van der Waals surface area contributed by atoms with Crippen molar-refractivity contribution in [1.29, 1.82) is 0 Å². The van der Waals surface area contributed by atoms with Crippen molar-refractivity contribution < 1.29 is 17.9 Å². The van der Waals surface area contributed by atoms with E-state index in [9.17, 15) is 13.2 Å². The average molecular weight is 518 g/mol. The van der Waals surface area contributed by atoms with Gasteiger partial charge in [-0.1, -0.05) is 30.3 Å². The zero-order valence-electron chi connectivity index (χ0n) is 19.9. The van der Waals surface area contributed by atoms with Crippen molar-refractivity contribution in [2.45, 2.75) is 44.7 Å². The van der Waals surface area contributed by atoms with E-state index in [0.717, 1.165) is 15.4 Å². The number of fused-ring (bicyclic) bond motifs is 1. The number of carbonyl (C=O) groups excluding carboxylic acids is 1. The van der Waals surface area contributed by atoms with Crippen molar-refractivity contribution in [2.75, 3.05) is 11.9 Å². The number of aromatic nitrogens is 1. The number of guanidine groups is 1. The number of benzene rings is 2. The molecule has 0 aliphatic carbocycles. The summed E-state index contributed by atoms with van der Waals surface area (Å²) in [6.07, 6.45) is 3.06. The van der Waals surface area contributed by atoms with Crippen LogP contribution in [0.1, 0.15) is 31.9 Å². The lowest BCUT2D eigenvalue weighted by Crippen LogP contribution is -2.38. The number of hydrogen-bond donors (Lipinski definition) is 2. The van der Waals surface area contributed by atoms with Crippen LogP contribution in [-0.4, -0.2) is 41.8 Å². The minimum atomic E-state index is -4.08. The second kappa shape index (κ2) is 10.6. The van der Waals surface area contributed by atoms with Gasteiger partial charge in [-0.05, 0) is 51.0 Å².